The fraction of sp³-hybridized carbons (Fsp3) is 0.444. The largest absolute Gasteiger partial charge is 0.352 e. The van der Waals surface area contributed by atoms with E-state index in [0.717, 1.165) is 12.1 Å². The van der Waals surface area contributed by atoms with Crippen molar-refractivity contribution in [1.82, 2.24) is 15.1 Å². The minimum absolute atomic E-state index is 0.0267. The maximum absolute atomic E-state index is 12.4. The lowest BCUT2D eigenvalue weighted by Crippen LogP contribution is -2.35. The Kier molecular flexibility index (Phi) is 5.16. The maximum atomic E-state index is 12.4. The molecule has 1 aromatic heterocycles. The zero-order valence-electron chi connectivity index (χ0n) is 14.1. The van der Waals surface area contributed by atoms with Gasteiger partial charge in [-0.1, -0.05) is 6.07 Å². The van der Waals surface area contributed by atoms with Gasteiger partial charge in [0.25, 0.3) is 0 Å². The summed E-state index contributed by atoms with van der Waals surface area (Å²) in [6.07, 6.45) is 0.322. The first kappa shape index (κ1) is 16.9. The molecule has 2 aromatic rings. The second kappa shape index (κ2) is 7.32. The zero-order valence-corrected chi connectivity index (χ0v) is 14.9. The van der Waals surface area contributed by atoms with Crippen LogP contribution in [0.15, 0.2) is 29.6 Å². The standard InChI is InChI=1S/C18H23N3O2S/c1-20(2)6-7-21-12-15(10-17(21)22)18(23)19-11-13-3-4-16-14(9-13)5-8-24-16/h3-5,8-9,15H,6-7,10-12H2,1-2H3,(H,19,23)/t15-/m1/s1. The van der Waals surface area contributed by atoms with Gasteiger partial charge in [-0.05, 0) is 48.6 Å². The number of nitrogens with zero attached hydrogens (tertiary/aromatic N) is 2. The fourth-order valence-electron chi connectivity index (χ4n) is 2.94. The topological polar surface area (TPSA) is 52.6 Å². The Morgan fingerprint density at radius 2 is 2.21 bits per heavy atom. The zero-order chi connectivity index (χ0) is 17.1. The lowest BCUT2D eigenvalue weighted by Gasteiger charge is -2.19. The molecule has 1 fully saturated rings. The van der Waals surface area contributed by atoms with Gasteiger partial charge in [-0.2, -0.15) is 0 Å². The van der Waals surface area contributed by atoms with Gasteiger partial charge in [0, 0.05) is 37.3 Å². The molecule has 1 atom stereocenters. The van der Waals surface area contributed by atoms with Crippen LogP contribution in [-0.4, -0.2) is 55.3 Å². The Labute approximate surface area is 146 Å². The molecule has 1 aliphatic heterocycles. The monoisotopic (exact) mass is 345 g/mol. The predicted octanol–water partition coefficient (Wildman–Crippen LogP) is 1.93. The van der Waals surface area contributed by atoms with Crippen LogP contribution in [0.5, 0.6) is 0 Å². The van der Waals surface area contributed by atoms with Gasteiger partial charge in [-0.3, -0.25) is 9.59 Å². The van der Waals surface area contributed by atoms with Gasteiger partial charge in [-0.15, -0.1) is 11.3 Å². The molecule has 1 aromatic carbocycles. The summed E-state index contributed by atoms with van der Waals surface area (Å²) in [6, 6.07) is 8.32. The number of rotatable bonds is 6. The van der Waals surface area contributed by atoms with E-state index in [9.17, 15) is 9.59 Å². The Hall–Kier alpha value is -1.92. The SMILES string of the molecule is CN(C)CCN1C[C@H](C(=O)NCc2ccc3sccc3c2)CC1=O. The highest BCUT2D eigenvalue weighted by molar-refractivity contribution is 7.17. The van der Waals surface area contributed by atoms with E-state index in [-0.39, 0.29) is 17.7 Å². The minimum Gasteiger partial charge on any atom is -0.352 e. The molecule has 0 bridgehead atoms. The molecule has 1 saturated heterocycles. The van der Waals surface area contributed by atoms with Crippen molar-refractivity contribution in [3.8, 4) is 0 Å². The molecular weight excluding hydrogens is 322 g/mol. The van der Waals surface area contributed by atoms with E-state index in [1.807, 2.05) is 25.1 Å². The molecule has 2 heterocycles. The van der Waals surface area contributed by atoms with E-state index in [1.54, 1.807) is 16.2 Å². The molecule has 128 valence electrons. The molecule has 6 heteroatoms. The number of likely N-dealkylation sites (N-methyl/N-ethyl adjacent to an activating group) is 1. The van der Waals surface area contributed by atoms with Gasteiger partial charge < -0.3 is 15.1 Å². The minimum atomic E-state index is -0.232. The Morgan fingerprint density at radius 1 is 1.38 bits per heavy atom. The molecule has 24 heavy (non-hydrogen) atoms. The maximum Gasteiger partial charge on any atom is 0.225 e. The third-order valence-corrected chi connectivity index (χ3v) is 5.28. The van der Waals surface area contributed by atoms with Crippen LogP contribution in [0.4, 0.5) is 0 Å². The second-order valence-electron chi connectivity index (χ2n) is 6.55. The van der Waals surface area contributed by atoms with Crippen molar-refractivity contribution >= 4 is 33.2 Å². The third-order valence-electron chi connectivity index (χ3n) is 4.39. The summed E-state index contributed by atoms with van der Waals surface area (Å²) in [5, 5.41) is 6.25. The summed E-state index contributed by atoms with van der Waals surface area (Å²) in [6.45, 7) is 2.54. The molecular formula is C18H23N3O2S. The molecule has 0 unspecified atom stereocenters. The van der Waals surface area contributed by atoms with Crippen LogP contribution in [0.1, 0.15) is 12.0 Å². The van der Waals surface area contributed by atoms with E-state index in [0.29, 0.717) is 26.1 Å². The molecule has 5 nitrogen and oxygen atoms in total. The number of fused-ring (bicyclic) bond motifs is 1. The Balaban J connectivity index is 1.52. The van der Waals surface area contributed by atoms with Crippen molar-refractivity contribution in [1.29, 1.82) is 0 Å². The normalized spacial score (nSPS) is 17.9. The highest BCUT2D eigenvalue weighted by Gasteiger charge is 2.33. The van der Waals surface area contributed by atoms with Crippen LogP contribution < -0.4 is 5.32 Å². The first-order valence-electron chi connectivity index (χ1n) is 8.19. The molecule has 3 rings (SSSR count). The summed E-state index contributed by atoms with van der Waals surface area (Å²) in [5.74, 6) is -0.178. The van der Waals surface area contributed by atoms with Crippen LogP contribution >= 0.6 is 11.3 Å². The Bertz CT molecular complexity index is 741. The number of nitrogens with one attached hydrogen (secondary N) is 1. The van der Waals surface area contributed by atoms with Crippen molar-refractivity contribution < 1.29 is 9.59 Å². The highest BCUT2D eigenvalue weighted by Crippen LogP contribution is 2.22. The van der Waals surface area contributed by atoms with Crippen molar-refractivity contribution in [2.45, 2.75) is 13.0 Å². The Morgan fingerprint density at radius 3 is 3.00 bits per heavy atom. The number of carbonyl (C=O) groups is 2. The van der Waals surface area contributed by atoms with E-state index in [2.05, 4.69) is 28.9 Å². The number of amides is 2. The first-order valence-corrected chi connectivity index (χ1v) is 9.07. The van der Waals surface area contributed by atoms with Crippen molar-refractivity contribution in [3.63, 3.8) is 0 Å². The lowest BCUT2D eigenvalue weighted by atomic mass is 10.1. The van der Waals surface area contributed by atoms with E-state index in [1.165, 1.54) is 10.1 Å². The van der Waals surface area contributed by atoms with E-state index in [4.69, 9.17) is 0 Å². The van der Waals surface area contributed by atoms with Gasteiger partial charge >= 0.3 is 0 Å². The van der Waals surface area contributed by atoms with Crippen molar-refractivity contribution in [2.75, 3.05) is 33.7 Å². The summed E-state index contributed by atoms with van der Waals surface area (Å²) >= 11 is 1.71. The average molecular weight is 345 g/mol. The van der Waals surface area contributed by atoms with Crippen LogP contribution in [0.2, 0.25) is 0 Å². The molecule has 0 saturated carbocycles. The van der Waals surface area contributed by atoms with E-state index < -0.39 is 0 Å². The van der Waals surface area contributed by atoms with Crippen LogP contribution in [0.25, 0.3) is 10.1 Å². The summed E-state index contributed by atoms with van der Waals surface area (Å²) in [5.41, 5.74) is 1.09. The molecule has 0 spiro atoms. The smallest absolute Gasteiger partial charge is 0.225 e. The highest BCUT2D eigenvalue weighted by atomic mass is 32.1. The summed E-state index contributed by atoms with van der Waals surface area (Å²) in [7, 11) is 3.96. The van der Waals surface area contributed by atoms with Gasteiger partial charge in [0.2, 0.25) is 11.8 Å². The van der Waals surface area contributed by atoms with Crippen molar-refractivity contribution in [3.05, 3.63) is 35.2 Å². The predicted molar refractivity (Wildman–Crippen MR) is 96.9 cm³/mol. The number of hydrogen-bond acceptors (Lipinski definition) is 4. The third kappa shape index (κ3) is 3.94. The van der Waals surface area contributed by atoms with Gasteiger partial charge in [0.1, 0.15) is 0 Å². The number of hydrogen-bond donors (Lipinski definition) is 1. The van der Waals surface area contributed by atoms with Crippen LogP contribution in [0, 0.1) is 5.92 Å². The average Bonchev–Trinajstić information content (AvgIpc) is 3.16. The first-order chi connectivity index (χ1) is 11.5. The number of benzene rings is 1. The number of carbonyl (C=O) groups excluding carboxylic acids is 2. The molecule has 0 aliphatic carbocycles. The number of thiophene rings is 1. The lowest BCUT2D eigenvalue weighted by molar-refractivity contribution is -0.129. The van der Waals surface area contributed by atoms with E-state index >= 15 is 0 Å². The molecule has 0 radical (unpaired) electrons. The van der Waals surface area contributed by atoms with Gasteiger partial charge in [-0.25, -0.2) is 0 Å². The summed E-state index contributed by atoms with van der Waals surface area (Å²) < 4.78 is 1.25. The van der Waals surface area contributed by atoms with Crippen LogP contribution in [0.3, 0.4) is 0 Å². The van der Waals surface area contributed by atoms with Crippen LogP contribution in [-0.2, 0) is 16.1 Å². The second-order valence-corrected chi connectivity index (χ2v) is 7.50. The van der Waals surface area contributed by atoms with Gasteiger partial charge in [0.15, 0.2) is 0 Å². The molecule has 2 amide bonds. The fourth-order valence-corrected chi connectivity index (χ4v) is 3.72. The quantitative estimate of drug-likeness (QED) is 0.870. The van der Waals surface area contributed by atoms with Gasteiger partial charge in [0.05, 0.1) is 5.92 Å². The summed E-state index contributed by atoms with van der Waals surface area (Å²) in [4.78, 5) is 28.2. The van der Waals surface area contributed by atoms with Crippen molar-refractivity contribution in [2.24, 2.45) is 5.92 Å². The molecule has 1 N–H and O–H groups in total. The molecule has 1 aliphatic rings. The number of likely N-dealkylation sites (tertiary alicyclic amines) is 1.